The van der Waals surface area contributed by atoms with E-state index in [9.17, 15) is 9.59 Å². The first-order valence-electron chi connectivity index (χ1n) is 11.0. The molecule has 7 nitrogen and oxygen atoms in total. The molecule has 29 heavy (non-hydrogen) atoms. The lowest BCUT2D eigenvalue weighted by Crippen LogP contribution is -2.44. The molecule has 1 saturated heterocycles. The van der Waals surface area contributed by atoms with Crippen molar-refractivity contribution in [1.29, 1.82) is 0 Å². The molecule has 2 aromatic heterocycles. The van der Waals surface area contributed by atoms with E-state index < -0.39 is 5.41 Å². The van der Waals surface area contributed by atoms with Crippen LogP contribution in [0.25, 0.3) is 5.65 Å². The number of hydrogen-bond donors (Lipinski definition) is 1. The van der Waals surface area contributed by atoms with E-state index in [2.05, 4.69) is 10.00 Å². The fraction of sp³-hybridized carbons (Fsp3) is 0.682. The highest BCUT2D eigenvalue weighted by atomic mass is 16.2. The van der Waals surface area contributed by atoms with Gasteiger partial charge in [0.05, 0.1) is 24.0 Å². The minimum Gasteiger partial charge on any atom is -0.336 e. The Balaban J connectivity index is 1.46. The third-order valence-corrected chi connectivity index (χ3v) is 6.63. The van der Waals surface area contributed by atoms with Crippen molar-refractivity contribution in [2.45, 2.75) is 65.5 Å². The summed E-state index contributed by atoms with van der Waals surface area (Å²) >= 11 is 0. The number of nitrogens with one attached hydrogen (secondary N) is 1. The van der Waals surface area contributed by atoms with Gasteiger partial charge in [-0.15, -0.1) is 0 Å². The zero-order valence-corrected chi connectivity index (χ0v) is 17.7. The second-order valence-corrected chi connectivity index (χ2v) is 10.1. The fourth-order valence-electron chi connectivity index (χ4n) is 4.86. The van der Waals surface area contributed by atoms with E-state index in [0.29, 0.717) is 31.2 Å². The molecule has 7 heteroatoms. The van der Waals surface area contributed by atoms with Crippen LogP contribution in [-0.2, 0) is 17.8 Å². The molecule has 2 aliphatic heterocycles. The Morgan fingerprint density at radius 1 is 1.24 bits per heavy atom. The lowest BCUT2D eigenvalue weighted by atomic mass is 9.93. The molecule has 1 atom stereocenters. The van der Waals surface area contributed by atoms with Crippen molar-refractivity contribution in [3.05, 3.63) is 33.4 Å². The van der Waals surface area contributed by atoms with Crippen LogP contribution < -0.4 is 5.56 Å². The monoisotopic (exact) mass is 397 g/mol. The maximum atomic E-state index is 13.1. The van der Waals surface area contributed by atoms with Crippen LogP contribution in [0.4, 0.5) is 0 Å². The minimum atomic E-state index is -0.425. The molecule has 0 unspecified atom stereocenters. The Morgan fingerprint density at radius 3 is 2.76 bits per heavy atom. The number of rotatable bonds is 3. The summed E-state index contributed by atoms with van der Waals surface area (Å²) in [7, 11) is 0. The second-order valence-electron chi connectivity index (χ2n) is 10.1. The lowest BCUT2D eigenvalue weighted by molar-refractivity contribution is -0.140. The topological polar surface area (TPSA) is 73.7 Å². The summed E-state index contributed by atoms with van der Waals surface area (Å²) in [4.78, 5) is 35.0. The van der Waals surface area contributed by atoms with Gasteiger partial charge in [0.25, 0.3) is 5.56 Å². The lowest BCUT2D eigenvalue weighted by Gasteiger charge is -2.32. The van der Waals surface area contributed by atoms with Gasteiger partial charge < -0.3 is 4.90 Å². The zero-order chi connectivity index (χ0) is 20.3. The second kappa shape index (κ2) is 6.69. The molecule has 156 valence electrons. The molecule has 1 saturated carbocycles. The Bertz CT molecular complexity index is 1010. The first-order valence-corrected chi connectivity index (χ1v) is 11.0. The highest BCUT2D eigenvalue weighted by molar-refractivity contribution is 5.81. The molecule has 2 aromatic rings. The molecule has 3 aliphatic rings. The number of H-pyrrole nitrogens is 1. The molecule has 1 aliphatic carbocycles. The number of aromatic amines is 1. The van der Waals surface area contributed by atoms with Crippen molar-refractivity contribution in [3.63, 3.8) is 0 Å². The van der Waals surface area contributed by atoms with Crippen molar-refractivity contribution >= 4 is 11.6 Å². The SMILES string of the molecule is CC(C)(C)C(=O)N1CCc2c(nc3cc([C@H]4CCCN4CC4CC4)[nH]n3c2=O)C1. The normalized spacial score (nSPS) is 23.0. The summed E-state index contributed by atoms with van der Waals surface area (Å²) in [6.07, 6.45) is 5.61. The number of amides is 1. The molecule has 1 N–H and O–H groups in total. The van der Waals surface area contributed by atoms with E-state index in [1.54, 1.807) is 4.52 Å². The Kier molecular flexibility index (Phi) is 4.35. The quantitative estimate of drug-likeness (QED) is 0.864. The van der Waals surface area contributed by atoms with Crippen LogP contribution in [0.3, 0.4) is 0 Å². The molecule has 2 fully saturated rings. The van der Waals surface area contributed by atoms with Gasteiger partial charge in [0.1, 0.15) is 0 Å². The van der Waals surface area contributed by atoms with Gasteiger partial charge in [-0.1, -0.05) is 20.8 Å². The number of fused-ring (bicyclic) bond motifs is 2. The number of carbonyl (C=O) groups is 1. The largest absolute Gasteiger partial charge is 0.336 e. The summed E-state index contributed by atoms with van der Waals surface area (Å²) in [6, 6.07) is 2.40. The van der Waals surface area contributed by atoms with Crippen molar-refractivity contribution in [3.8, 4) is 0 Å². The predicted octanol–water partition coefficient (Wildman–Crippen LogP) is 2.50. The number of carbonyl (C=O) groups excluding carboxylic acids is 1. The van der Waals surface area contributed by atoms with Crippen LogP contribution in [0.1, 0.15) is 69.4 Å². The number of nitrogens with zero attached hydrogens (tertiary/aromatic N) is 4. The Labute approximate surface area is 171 Å². The zero-order valence-electron chi connectivity index (χ0n) is 17.7. The maximum absolute atomic E-state index is 13.1. The van der Waals surface area contributed by atoms with Gasteiger partial charge in [0.2, 0.25) is 5.91 Å². The van der Waals surface area contributed by atoms with Gasteiger partial charge in [-0.25, -0.2) is 9.50 Å². The Hall–Kier alpha value is -2.15. The van der Waals surface area contributed by atoms with Crippen LogP contribution in [0.15, 0.2) is 10.9 Å². The molecule has 0 spiro atoms. The predicted molar refractivity (Wildman–Crippen MR) is 111 cm³/mol. The average molecular weight is 398 g/mol. The van der Waals surface area contributed by atoms with Crippen molar-refractivity contribution < 1.29 is 4.79 Å². The van der Waals surface area contributed by atoms with Gasteiger partial charge in [0.15, 0.2) is 5.65 Å². The standard InChI is InChI=1S/C22H31N5O2/c1-22(2,3)21(29)26-10-8-15-17(13-26)23-19-11-16(24-27(19)20(15)28)18-5-4-9-25(18)12-14-6-7-14/h11,14,18,24H,4-10,12-13H2,1-3H3/t18-/m1/s1. The van der Waals surface area contributed by atoms with Crippen molar-refractivity contribution in [2.75, 3.05) is 19.6 Å². The minimum absolute atomic E-state index is 0.00847. The molecule has 0 aromatic carbocycles. The summed E-state index contributed by atoms with van der Waals surface area (Å²) in [6.45, 7) is 9.12. The molecular weight excluding hydrogens is 366 g/mol. The van der Waals surface area contributed by atoms with E-state index in [0.717, 1.165) is 35.8 Å². The van der Waals surface area contributed by atoms with Crippen LogP contribution in [0, 0.1) is 11.3 Å². The summed E-state index contributed by atoms with van der Waals surface area (Å²) < 4.78 is 1.61. The highest BCUT2D eigenvalue weighted by Gasteiger charge is 2.34. The molecule has 4 heterocycles. The summed E-state index contributed by atoms with van der Waals surface area (Å²) in [5, 5.41) is 3.36. The highest BCUT2D eigenvalue weighted by Crippen LogP contribution is 2.37. The third kappa shape index (κ3) is 3.39. The Morgan fingerprint density at radius 2 is 2.03 bits per heavy atom. The summed E-state index contributed by atoms with van der Waals surface area (Å²) in [5.41, 5.74) is 2.84. The van der Waals surface area contributed by atoms with Gasteiger partial charge in [-0.3, -0.25) is 19.6 Å². The first kappa shape index (κ1) is 18.9. The third-order valence-electron chi connectivity index (χ3n) is 6.63. The first-order chi connectivity index (χ1) is 13.8. The fourth-order valence-corrected chi connectivity index (χ4v) is 4.86. The van der Waals surface area contributed by atoms with Gasteiger partial charge in [0, 0.05) is 30.1 Å². The van der Waals surface area contributed by atoms with E-state index >= 15 is 0 Å². The van der Waals surface area contributed by atoms with E-state index in [1.807, 2.05) is 31.7 Å². The molecule has 5 rings (SSSR count). The van der Waals surface area contributed by atoms with Gasteiger partial charge in [-0.2, -0.15) is 0 Å². The number of aromatic nitrogens is 3. The molecule has 1 amide bonds. The average Bonchev–Trinajstić information content (AvgIpc) is 3.19. The van der Waals surface area contributed by atoms with Crippen LogP contribution in [0.5, 0.6) is 0 Å². The van der Waals surface area contributed by atoms with E-state index in [1.165, 1.54) is 25.8 Å². The number of likely N-dealkylation sites (tertiary alicyclic amines) is 1. The molecular formula is C22H31N5O2. The molecule has 0 radical (unpaired) electrons. The van der Waals surface area contributed by atoms with E-state index in [-0.39, 0.29) is 11.5 Å². The van der Waals surface area contributed by atoms with Gasteiger partial charge in [-0.05, 0) is 44.6 Å². The maximum Gasteiger partial charge on any atom is 0.276 e. The molecule has 0 bridgehead atoms. The van der Waals surface area contributed by atoms with Crippen molar-refractivity contribution in [1.82, 2.24) is 24.4 Å². The smallest absolute Gasteiger partial charge is 0.276 e. The van der Waals surface area contributed by atoms with Crippen LogP contribution >= 0.6 is 0 Å². The van der Waals surface area contributed by atoms with Crippen LogP contribution in [0.2, 0.25) is 0 Å². The van der Waals surface area contributed by atoms with E-state index in [4.69, 9.17) is 4.98 Å². The van der Waals surface area contributed by atoms with Crippen molar-refractivity contribution in [2.24, 2.45) is 11.3 Å². The summed E-state index contributed by atoms with van der Waals surface area (Å²) in [5.74, 6) is 0.973. The van der Waals surface area contributed by atoms with Crippen LogP contribution in [-0.4, -0.2) is 49.9 Å². The number of hydrogen-bond acceptors (Lipinski definition) is 4. The van der Waals surface area contributed by atoms with Gasteiger partial charge >= 0.3 is 0 Å².